The molecular weight excluding hydrogens is 314 g/mol. The van der Waals surface area contributed by atoms with Crippen LogP contribution in [-0.4, -0.2) is 24.6 Å². The van der Waals surface area contributed by atoms with Gasteiger partial charge in [0.2, 0.25) is 0 Å². The molecule has 0 heterocycles. The molecular formula is C17H16ClN3O2. The van der Waals surface area contributed by atoms with Gasteiger partial charge in [0, 0.05) is 16.1 Å². The van der Waals surface area contributed by atoms with E-state index in [1.165, 1.54) is 6.21 Å². The Bertz CT molecular complexity index is 744. The molecule has 0 unspecified atom stereocenters. The van der Waals surface area contributed by atoms with Gasteiger partial charge in [-0.25, -0.2) is 5.43 Å². The van der Waals surface area contributed by atoms with Crippen molar-refractivity contribution in [1.82, 2.24) is 10.7 Å². The Morgan fingerprint density at radius 2 is 1.83 bits per heavy atom. The average molecular weight is 330 g/mol. The molecule has 2 aromatic carbocycles. The van der Waals surface area contributed by atoms with E-state index in [1.807, 2.05) is 25.1 Å². The maximum absolute atomic E-state index is 12.0. The highest BCUT2D eigenvalue weighted by Gasteiger charge is 2.09. The van der Waals surface area contributed by atoms with Crippen molar-refractivity contribution >= 4 is 29.6 Å². The molecule has 0 atom stereocenters. The molecule has 0 spiro atoms. The minimum Gasteiger partial charge on any atom is -0.343 e. The third-order valence-electron chi connectivity index (χ3n) is 3.10. The molecule has 0 fully saturated rings. The smallest absolute Gasteiger partial charge is 0.259 e. The van der Waals surface area contributed by atoms with Gasteiger partial charge in [-0.15, -0.1) is 0 Å². The van der Waals surface area contributed by atoms with E-state index in [1.54, 1.807) is 30.3 Å². The molecule has 0 aliphatic rings. The van der Waals surface area contributed by atoms with Gasteiger partial charge < -0.3 is 5.32 Å². The summed E-state index contributed by atoms with van der Waals surface area (Å²) < 4.78 is 0. The van der Waals surface area contributed by atoms with E-state index >= 15 is 0 Å². The van der Waals surface area contributed by atoms with Crippen LogP contribution in [0.15, 0.2) is 53.6 Å². The van der Waals surface area contributed by atoms with Crippen LogP contribution in [0.2, 0.25) is 5.02 Å². The summed E-state index contributed by atoms with van der Waals surface area (Å²) in [6.45, 7) is 1.68. The lowest BCUT2D eigenvalue weighted by Gasteiger charge is -2.06. The van der Waals surface area contributed by atoms with Crippen LogP contribution in [0.5, 0.6) is 0 Å². The van der Waals surface area contributed by atoms with Gasteiger partial charge in [0.15, 0.2) is 0 Å². The molecule has 118 valence electrons. The van der Waals surface area contributed by atoms with Gasteiger partial charge in [-0.2, -0.15) is 5.10 Å². The Balaban J connectivity index is 1.83. The van der Waals surface area contributed by atoms with Gasteiger partial charge in [0.1, 0.15) is 0 Å². The van der Waals surface area contributed by atoms with E-state index in [0.717, 1.165) is 5.56 Å². The second-order valence-electron chi connectivity index (χ2n) is 4.81. The number of carbonyl (C=O) groups excluding carboxylic acids is 2. The molecule has 2 amide bonds. The minimum absolute atomic E-state index is 0.160. The largest absolute Gasteiger partial charge is 0.343 e. The predicted octanol–water partition coefficient (Wildman–Crippen LogP) is 2.53. The van der Waals surface area contributed by atoms with Gasteiger partial charge in [-0.1, -0.05) is 48.0 Å². The lowest BCUT2D eigenvalue weighted by atomic mass is 10.1. The fraction of sp³-hybridized carbons (Fsp3) is 0.118. The normalized spacial score (nSPS) is 10.5. The van der Waals surface area contributed by atoms with Gasteiger partial charge in [0.25, 0.3) is 11.8 Å². The topological polar surface area (TPSA) is 70.6 Å². The summed E-state index contributed by atoms with van der Waals surface area (Å²) in [4.78, 5) is 23.6. The monoisotopic (exact) mass is 329 g/mol. The van der Waals surface area contributed by atoms with Crippen molar-refractivity contribution < 1.29 is 9.59 Å². The molecule has 0 saturated heterocycles. The Labute approximate surface area is 139 Å². The van der Waals surface area contributed by atoms with Crippen LogP contribution in [-0.2, 0) is 4.79 Å². The zero-order valence-electron chi connectivity index (χ0n) is 12.5. The first kappa shape index (κ1) is 16.7. The lowest BCUT2D eigenvalue weighted by molar-refractivity contribution is -0.120. The zero-order chi connectivity index (χ0) is 16.7. The number of hydrazone groups is 1. The van der Waals surface area contributed by atoms with Crippen molar-refractivity contribution in [1.29, 1.82) is 0 Å². The third-order valence-corrected chi connectivity index (χ3v) is 3.44. The van der Waals surface area contributed by atoms with E-state index < -0.39 is 5.91 Å². The molecule has 2 N–H and O–H groups in total. The second-order valence-corrected chi connectivity index (χ2v) is 5.22. The van der Waals surface area contributed by atoms with Gasteiger partial charge in [-0.3, -0.25) is 9.59 Å². The number of nitrogens with zero attached hydrogens (tertiary/aromatic N) is 1. The average Bonchev–Trinajstić information content (AvgIpc) is 2.55. The maximum atomic E-state index is 12.0. The minimum atomic E-state index is -0.421. The molecule has 0 aliphatic heterocycles. The van der Waals surface area contributed by atoms with Gasteiger partial charge in [-0.05, 0) is 24.6 Å². The molecule has 0 aromatic heterocycles. The second kappa shape index (κ2) is 8.10. The molecule has 2 rings (SSSR count). The molecule has 0 saturated carbocycles. The number of carbonyl (C=O) groups is 2. The highest BCUT2D eigenvalue weighted by Crippen LogP contribution is 2.12. The summed E-state index contributed by atoms with van der Waals surface area (Å²) in [5.74, 6) is -0.719. The van der Waals surface area contributed by atoms with E-state index in [9.17, 15) is 9.59 Å². The fourth-order valence-electron chi connectivity index (χ4n) is 1.88. The Hall–Kier alpha value is -2.66. The van der Waals surface area contributed by atoms with Crippen LogP contribution >= 0.6 is 11.6 Å². The van der Waals surface area contributed by atoms with Crippen molar-refractivity contribution in [2.24, 2.45) is 5.10 Å². The highest BCUT2D eigenvalue weighted by atomic mass is 35.5. The van der Waals surface area contributed by atoms with Crippen LogP contribution in [0, 0.1) is 6.92 Å². The molecule has 6 heteroatoms. The number of halogens is 1. The number of benzene rings is 2. The van der Waals surface area contributed by atoms with Crippen molar-refractivity contribution in [3.8, 4) is 0 Å². The highest BCUT2D eigenvalue weighted by molar-refractivity contribution is 6.33. The van der Waals surface area contributed by atoms with Crippen molar-refractivity contribution in [3.05, 3.63) is 70.2 Å². The van der Waals surface area contributed by atoms with Gasteiger partial charge >= 0.3 is 0 Å². The summed E-state index contributed by atoms with van der Waals surface area (Å²) in [7, 11) is 0. The number of nitrogens with one attached hydrogen (secondary N) is 2. The summed E-state index contributed by atoms with van der Waals surface area (Å²) in [6.07, 6.45) is 1.45. The van der Waals surface area contributed by atoms with Crippen LogP contribution in [0.25, 0.3) is 0 Å². The maximum Gasteiger partial charge on any atom is 0.259 e. The molecule has 0 bridgehead atoms. The summed E-state index contributed by atoms with van der Waals surface area (Å²) >= 11 is 5.96. The molecule has 0 radical (unpaired) electrons. The first-order chi connectivity index (χ1) is 11.1. The SMILES string of the molecule is Cc1ccccc1C(=O)NCC(=O)N/N=C\c1ccccc1Cl. The molecule has 2 aromatic rings. The van der Waals surface area contributed by atoms with E-state index in [0.29, 0.717) is 16.1 Å². The fourth-order valence-corrected chi connectivity index (χ4v) is 2.06. The molecule has 23 heavy (non-hydrogen) atoms. The quantitative estimate of drug-likeness (QED) is 0.653. The van der Waals surface area contributed by atoms with E-state index in [4.69, 9.17) is 11.6 Å². The van der Waals surface area contributed by atoms with Crippen LogP contribution in [0.1, 0.15) is 21.5 Å². The standard InChI is InChI=1S/C17H16ClN3O2/c1-12-6-2-4-8-14(12)17(23)19-11-16(22)21-20-10-13-7-3-5-9-15(13)18/h2-10H,11H2,1H3,(H,19,23)(H,21,22)/b20-10-. The number of amides is 2. The molecule has 0 aliphatic carbocycles. The predicted molar refractivity (Wildman–Crippen MR) is 90.7 cm³/mol. The van der Waals surface area contributed by atoms with Crippen molar-refractivity contribution in [2.75, 3.05) is 6.54 Å². The summed E-state index contributed by atoms with van der Waals surface area (Å²) in [5.41, 5.74) is 4.42. The first-order valence-electron chi connectivity index (χ1n) is 6.98. The third kappa shape index (κ3) is 4.93. The Morgan fingerprint density at radius 1 is 1.13 bits per heavy atom. The number of hydrogen-bond donors (Lipinski definition) is 2. The van der Waals surface area contributed by atoms with Crippen LogP contribution < -0.4 is 10.7 Å². The van der Waals surface area contributed by atoms with Crippen molar-refractivity contribution in [3.63, 3.8) is 0 Å². The summed E-state index contributed by atoms with van der Waals surface area (Å²) in [5, 5.41) is 6.90. The van der Waals surface area contributed by atoms with E-state index in [2.05, 4.69) is 15.8 Å². The van der Waals surface area contributed by atoms with Crippen LogP contribution in [0.4, 0.5) is 0 Å². The number of aryl methyl sites for hydroxylation is 1. The zero-order valence-corrected chi connectivity index (χ0v) is 13.3. The van der Waals surface area contributed by atoms with Crippen LogP contribution in [0.3, 0.4) is 0 Å². The lowest BCUT2D eigenvalue weighted by Crippen LogP contribution is -2.35. The Morgan fingerprint density at radius 3 is 2.57 bits per heavy atom. The van der Waals surface area contributed by atoms with Gasteiger partial charge in [0.05, 0.1) is 12.8 Å². The molecule has 5 nitrogen and oxygen atoms in total. The number of rotatable bonds is 5. The van der Waals surface area contributed by atoms with E-state index in [-0.39, 0.29) is 12.5 Å². The van der Waals surface area contributed by atoms with Crippen molar-refractivity contribution in [2.45, 2.75) is 6.92 Å². The Kier molecular flexibility index (Phi) is 5.88. The summed E-state index contributed by atoms with van der Waals surface area (Å²) in [6, 6.07) is 14.3. The number of hydrogen-bond acceptors (Lipinski definition) is 3. The first-order valence-corrected chi connectivity index (χ1v) is 7.36.